The normalized spacial score (nSPS) is 34.7. The number of carbonyl (C=O) groups is 1. The van der Waals surface area contributed by atoms with Crippen molar-refractivity contribution >= 4 is 21.7 Å². The van der Waals surface area contributed by atoms with Gasteiger partial charge in [-0.15, -0.1) is 0 Å². The smallest absolute Gasteiger partial charge is 0.337 e. The molecule has 9 nitrogen and oxygen atoms in total. The summed E-state index contributed by atoms with van der Waals surface area (Å²) in [5.74, 6) is -0.911. The van der Waals surface area contributed by atoms with Crippen LogP contribution in [0.15, 0.2) is 40.8 Å². The first-order valence-corrected chi connectivity index (χ1v) is 9.99. The van der Waals surface area contributed by atoms with Gasteiger partial charge in [0, 0.05) is 17.7 Å². The minimum atomic E-state index is -4.00. The molecule has 10 heteroatoms. The number of carbonyl (C=O) groups excluding carboxylic acids is 1. The molecule has 1 aromatic rings. The van der Waals surface area contributed by atoms with Gasteiger partial charge < -0.3 is 9.84 Å². The number of esters is 1. The van der Waals surface area contributed by atoms with E-state index >= 15 is 0 Å². The van der Waals surface area contributed by atoms with Crippen LogP contribution < -0.4 is 4.72 Å². The van der Waals surface area contributed by atoms with Gasteiger partial charge in [0.2, 0.25) is 10.0 Å². The van der Waals surface area contributed by atoms with Gasteiger partial charge in [0.05, 0.1) is 15.4 Å². The molecule has 1 saturated carbocycles. The van der Waals surface area contributed by atoms with E-state index in [1.807, 2.05) is 0 Å². The molecular formula is C17H18N2O7S. The molecular weight excluding hydrogens is 376 g/mol. The van der Waals surface area contributed by atoms with Gasteiger partial charge in [-0.05, 0) is 44.2 Å². The number of benzene rings is 1. The zero-order chi connectivity index (χ0) is 19.6. The lowest BCUT2D eigenvalue weighted by molar-refractivity contribution is -0.384. The molecule has 1 aromatic carbocycles. The summed E-state index contributed by atoms with van der Waals surface area (Å²) in [6.07, 6.45) is 2.35. The summed E-state index contributed by atoms with van der Waals surface area (Å²) in [6.45, 7) is 1.64. The Balaban J connectivity index is 1.66. The van der Waals surface area contributed by atoms with Gasteiger partial charge in [-0.1, -0.05) is 6.08 Å². The topological polar surface area (TPSA) is 136 Å². The van der Waals surface area contributed by atoms with Crippen molar-refractivity contribution in [2.24, 2.45) is 5.92 Å². The standard InChI is InChI=1S/C17H18N2O7S/c1-16(18-27(24,25)12-5-3-11(4-6-12)19(22)23)8-10-2-7-14-17(10,21)13(9-16)15(20)26-14/h3-6,9-10,14,18,21H,2,7-8H2,1H3/t10?,14-,16-,17+/m1/s1. The van der Waals surface area contributed by atoms with E-state index < -0.39 is 38.2 Å². The number of sulfonamides is 1. The van der Waals surface area contributed by atoms with Gasteiger partial charge in [0.1, 0.15) is 11.7 Å². The van der Waals surface area contributed by atoms with Crippen LogP contribution in [-0.2, 0) is 19.6 Å². The highest BCUT2D eigenvalue weighted by Gasteiger charge is 2.64. The van der Waals surface area contributed by atoms with Crippen molar-refractivity contribution in [3.63, 3.8) is 0 Å². The molecule has 4 atom stereocenters. The predicted molar refractivity (Wildman–Crippen MR) is 92.1 cm³/mol. The van der Waals surface area contributed by atoms with Crippen LogP contribution in [-0.4, -0.2) is 41.7 Å². The first-order valence-electron chi connectivity index (χ1n) is 8.50. The predicted octanol–water partition coefficient (Wildman–Crippen LogP) is 1.03. The Kier molecular flexibility index (Phi) is 3.75. The number of non-ortho nitro benzene ring substituents is 1. The average Bonchev–Trinajstić information content (AvgIpc) is 3.02. The molecule has 1 unspecified atom stereocenters. The maximum absolute atomic E-state index is 12.8. The molecule has 0 amide bonds. The molecule has 144 valence electrons. The SMILES string of the molecule is C[C@]1(NS(=O)(=O)c2ccc([N+](=O)[O-])cc2)C=C2C(=O)O[C@@H]3CCC(C1)[C@]23O. The maximum Gasteiger partial charge on any atom is 0.337 e. The summed E-state index contributed by atoms with van der Waals surface area (Å²) in [6, 6.07) is 4.55. The molecule has 2 N–H and O–H groups in total. The Bertz CT molecular complexity index is 972. The van der Waals surface area contributed by atoms with Gasteiger partial charge in [0.15, 0.2) is 0 Å². The fraction of sp³-hybridized carbons (Fsp3) is 0.471. The van der Waals surface area contributed by atoms with Gasteiger partial charge in [-0.2, -0.15) is 0 Å². The lowest BCUT2D eigenvalue weighted by Gasteiger charge is -2.40. The fourth-order valence-corrected chi connectivity index (χ4v) is 5.83. The van der Waals surface area contributed by atoms with Crippen molar-refractivity contribution in [1.82, 2.24) is 4.72 Å². The number of ether oxygens (including phenoxy) is 1. The van der Waals surface area contributed by atoms with Gasteiger partial charge in [0.25, 0.3) is 5.69 Å². The molecule has 1 saturated heterocycles. The molecule has 0 spiro atoms. The van der Waals surface area contributed by atoms with Crippen molar-refractivity contribution in [3.8, 4) is 0 Å². The van der Waals surface area contributed by atoms with E-state index in [0.717, 1.165) is 24.3 Å². The lowest BCUT2D eigenvalue weighted by Crippen LogP contribution is -2.54. The Hall–Kier alpha value is -2.30. The molecule has 0 radical (unpaired) electrons. The summed E-state index contributed by atoms with van der Waals surface area (Å²) < 4.78 is 33.3. The summed E-state index contributed by atoms with van der Waals surface area (Å²) in [5, 5.41) is 21.7. The summed E-state index contributed by atoms with van der Waals surface area (Å²) in [7, 11) is -4.00. The summed E-state index contributed by atoms with van der Waals surface area (Å²) >= 11 is 0. The fourth-order valence-electron chi connectivity index (χ4n) is 4.46. The van der Waals surface area contributed by atoms with Crippen molar-refractivity contribution in [2.75, 3.05) is 0 Å². The first-order chi connectivity index (χ1) is 12.6. The van der Waals surface area contributed by atoms with Gasteiger partial charge >= 0.3 is 5.97 Å². The third-order valence-electron chi connectivity index (χ3n) is 5.65. The highest BCUT2D eigenvalue weighted by atomic mass is 32.2. The highest BCUT2D eigenvalue weighted by Crippen LogP contribution is 2.53. The third-order valence-corrected chi connectivity index (χ3v) is 7.28. The van der Waals surface area contributed by atoms with Crippen molar-refractivity contribution in [2.45, 2.75) is 48.3 Å². The number of nitro groups is 1. The molecule has 0 aromatic heterocycles. The number of nitrogens with zero attached hydrogens (tertiary/aromatic N) is 1. The van der Waals surface area contributed by atoms with E-state index in [-0.39, 0.29) is 22.1 Å². The van der Waals surface area contributed by atoms with Crippen LogP contribution in [0.4, 0.5) is 5.69 Å². The summed E-state index contributed by atoms with van der Waals surface area (Å²) in [5.41, 5.74) is -2.55. The molecule has 1 aliphatic heterocycles. The van der Waals surface area contributed by atoms with Crippen LogP contribution in [0.3, 0.4) is 0 Å². The van der Waals surface area contributed by atoms with Gasteiger partial charge in [-0.3, -0.25) is 10.1 Å². The lowest BCUT2D eigenvalue weighted by atomic mass is 9.71. The van der Waals surface area contributed by atoms with Crippen LogP contribution in [0.1, 0.15) is 26.2 Å². The van der Waals surface area contributed by atoms with Crippen molar-refractivity contribution in [1.29, 1.82) is 0 Å². The van der Waals surface area contributed by atoms with Crippen molar-refractivity contribution in [3.05, 3.63) is 46.0 Å². The largest absolute Gasteiger partial charge is 0.455 e. The van der Waals surface area contributed by atoms with Crippen LogP contribution in [0.5, 0.6) is 0 Å². The second-order valence-corrected chi connectivity index (χ2v) is 9.21. The highest BCUT2D eigenvalue weighted by molar-refractivity contribution is 7.89. The van der Waals surface area contributed by atoms with E-state index in [2.05, 4.69) is 4.72 Å². The quantitative estimate of drug-likeness (QED) is 0.442. The molecule has 2 fully saturated rings. The second-order valence-electron chi connectivity index (χ2n) is 7.53. The molecule has 2 aliphatic carbocycles. The molecule has 0 bridgehead atoms. The zero-order valence-corrected chi connectivity index (χ0v) is 15.2. The van der Waals surface area contributed by atoms with E-state index in [4.69, 9.17) is 4.74 Å². The zero-order valence-electron chi connectivity index (χ0n) is 14.4. The molecule has 3 aliphatic rings. The van der Waals surface area contributed by atoms with E-state index in [0.29, 0.717) is 19.3 Å². The van der Waals surface area contributed by atoms with Crippen molar-refractivity contribution < 1.29 is 28.0 Å². The van der Waals surface area contributed by atoms with Crippen LogP contribution in [0.2, 0.25) is 0 Å². The Morgan fingerprint density at radius 1 is 1.30 bits per heavy atom. The minimum absolute atomic E-state index is 0.107. The number of rotatable bonds is 4. The number of aliphatic hydroxyl groups is 1. The Morgan fingerprint density at radius 2 is 1.96 bits per heavy atom. The average molecular weight is 394 g/mol. The molecule has 4 rings (SSSR count). The van der Waals surface area contributed by atoms with Crippen LogP contribution in [0, 0.1) is 16.0 Å². The number of nitrogens with one attached hydrogen (secondary N) is 1. The number of hydrogen-bond acceptors (Lipinski definition) is 7. The number of nitro benzene ring substituents is 1. The monoisotopic (exact) mass is 394 g/mol. The minimum Gasteiger partial charge on any atom is -0.455 e. The third kappa shape index (κ3) is 2.67. The Labute approximate surface area is 155 Å². The van der Waals surface area contributed by atoms with Crippen LogP contribution in [0.25, 0.3) is 0 Å². The Morgan fingerprint density at radius 3 is 2.59 bits per heavy atom. The van der Waals surface area contributed by atoms with Gasteiger partial charge in [-0.25, -0.2) is 17.9 Å². The van der Waals surface area contributed by atoms with E-state index in [1.54, 1.807) is 6.92 Å². The summed E-state index contributed by atoms with van der Waals surface area (Å²) in [4.78, 5) is 22.1. The van der Waals surface area contributed by atoms with E-state index in [9.17, 15) is 28.4 Å². The second kappa shape index (κ2) is 5.60. The maximum atomic E-state index is 12.8. The first kappa shape index (κ1) is 18.1. The molecule has 1 heterocycles. The number of hydrogen-bond donors (Lipinski definition) is 2. The van der Waals surface area contributed by atoms with E-state index in [1.165, 1.54) is 6.08 Å². The molecule has 27 heavy (non-hydrogen) atoms. The van der Waals surface area contributed by atoms with Crippen LogP contribution >= 0.6 is 0 Å².